The van der Waals surface area contributed by atoms with E-state index in [1.165, 1.54) is 0 Å². The molecule has 0 spiro atoms. The van der Waals surface area contributed by atoms with E-state index >= 15 is 0 Å². The number of carboxylic acids is 1. The molecule has 0 saturated carbocycles. The Kier molecular flexibility index (Phi) is 4.86. The molecule has 1 unspecified atom stereocenters. The molecule has 2 N–H and O–H groups in total. The van der Waals surface area contributed by atoms with E-state index in [0.717, 1.165) is 5.56 Å². The fraction of sp³-hybridized carbons (Fsp3) is 0.235. The highest BCUT2D eigenvalue weighted by molar-refractivity contribution is 6.33. The number of halogens is 1. The van der Waals surface area contributed by atoms with Crippen LogP contribution in [0.5, 0.6) is 0 Å². The van der Waals surface area contributed by atoms with E-state index in [-0.39, 0.29) is 0 Å². The highest BCUT2D eigenvalue weighted by Crippen LogP contribution is 2.27. The van der Waals surface area contributed by atoms with Crippen LogP contribution in [-0.4, -0.2) is 16.6 Å². The summed E-state index contributed by atoms with van der Waals surface area (Å²) >= 11 is 6.10. The molecule has 0 amide bonds. The predicted molar refractivity (Wildman–Crippen MR) is 85.9 cm³/mol. The monoisotopic (exact) mass is 303 g/mol. The maximum atomic E-state index is 11.7. The van der Waals surface area contributed by atoms with Crippen LogP contribution >= 0.6 is 11.6 Å². The van der Waals surface area contributed by atoms with Crippen LogP contribution < -0.4 is 5.32 Å². The number of para-hydroxylation sites is 1. The van der Waals surface area contributed by atoms with Crippen molar-refractivity contribution in [3.05, 3.63) is 65.2 Å². The molecule has 1 atom stereocenters. The summed E-state index contributed by atoms with van der Waals surface area (Å²) in [5.41, 5.74) is 0.684. The summed E-state index contributed by atoms with van der Waals surface area (Å²) in [7, 11) is 0. The molecular formula is C17H18ClNO2. The van der Waals surface area contributed by atoms with Gasteiger partial charge in [-0.15, -0.1) is 0 Å². The Morgan fingerprint density at radius 2 is 1.76 bits per heavy atom. The minimum absolute atomic E-state index is 0.470. The van der Waals surface area contributed by atoms with Crippen molar-refractivity contribution in [2.24, 2.45) is 0 Å². The Balaban J connectivity index is 2.13. The van der Waals surface area contributed by atoms with Crippen molar-refractivity contribution >= 4 is 23.3 Å². The smallest absolute Gasteiger partial charge is 0.329 e. The van der Waals surface area contributed by atoms with Crippen LogP contribution in [0.4, 0.5) is 5.69 Å². The Morgan fingerprint density at radius 3 is 2.38 bits per heavy atom. The lowest BCUT2D eigenvalue weighted by Gasteiger charge is -2.28. The van der Waals surface area contributed by atoms with Crippen molar-refractivity contribution in [1.29, 1.82) is 0 Å². The summed E-state index contributed by atoms with van der Waals surface area (Å²) in [5.74, 6) is -0.890. The third kappa shape index (κ3) is 3.99. The molecule has 0 aliphatic heterocycles. The van der Waals surface area contributed by atoms with Gasteiger partial charge in [0, 0.05) is 0 Å². The molecule has 0 fully saturated rings. The summed E-state index contributed by atoms with van der Waals surface area (Å²) in [5, 5.41) is 13.1. The van der Waals surface area contributed by atoms with E-state index in [9.17, 15) is 9.90 Å². The summed E-state index contributed by atoms with van der Waals surface area (Å²) < 4.78 is 0. The Labute approximate surface area is 129 Å². The fourth-order valence-electron chi connectivity index (χ4n) is 2.12. The molecule has 0 heterocycles. The third-order valence-electron chi connectivity index (χ3n) is 3.51. The number of rotatable bonds is 6. The molecule has 3 nitrogen and oxygen atoms in total. The number of hydrogen-bond donors (Lipinski definition) is 2. The van der Waals surface area contributed by atoms with Gasteiger partial charge in [0.05, 0.1) is 10.7 Å². The van der Waals surface area contributed by atoms with Gasteiger partial charge in [-0.1, -0.05) is 54.1 Å². The van der Waals surface area contributed by atoms with Crippen LogP contribution in [0.1, 0.15) is 18.9 Å². The van der Waals surface area contributed by atoms with Gasteiger partial charge >= 0.3 is 5.97 Å². The number of anilines is 1. The zero-order valence-electron chi connectivity index (χ0n) is 11.8. The molecule has 0 aliphatic carbocycles. The fourth-order valence-corrected chi connectivity index (χ4v) is 2.30. The molecule has 0 aromatic heterocycles. The van der Waals surface area contributed by atoms with E-state index in [1.54, 1.807) is 19.1 Å². The first kappa shape index (κ1) is 15.4. The third-order valence-corrected chi connectivity index (χ3v) is 3.84. The molecule has 2 aromatic rings. The lowest BCUT2D eigenvalue weighted by Crippen LogP contribution is -2.43. The first-order valence-corrected chi connectivity index (χ1v) is 7.19. The van der Waals surface area contributed by atoms with E-state index in [4.69, 9.17) is 11.6 Å². The van der Waals surface area contributed by atoms with Gasteiger partial charge in [-0.2, -0.15) is 0 Å². The molecule has 0 bridgehead atoms. The Bertz CT molecular complexity index is 615. The van der Waals surface area contributed by atoms with E-state index in [2.05, 4.69) is 5.32 Å². The zero-order valence-corrected chi connectivity index (χ0v) is 12.6. The Hall–Kier alpha value is -2.00. The molecule has 4 heteroatoms. The van der Waals surface area contributed by atoms with Crippen molar-refractivity contribution in [3.8, 4) is 0 Å². The number of nitrogens with one attached hydrogen (secondary N) is 1. The number of hydrogen-bond acceptors (Lipinski definition) is 2. The average Bonchev–Trinajstić information content (AvgIpc) is 2.48. The molecule has 0 radical (unpaired) electrons. The predicted octanol–water partition coefficient (Wildman–Crippen LogP) is 4.23. The summed E-state index contributed by atoms with van der Waals surface area (Å²) in [6.45, 7) is 1.68. The minimum Gasteiger partial charge on any atom is -0.480 e. The van der Waals surface area contributed by atoms with Gasteiger partial charge in [0.1, 0.15) is 5.54 Å². The average molecular weight is 304 g/mol. The number of carboxylic acid groups (broad SMARTS) is 1. The zero-order chi connectivity index (χ0) is 15.3. The molecule has 2 rings (SSSR count). The van der Waals surface area contributed by atoms with E-state index < -0.39 is 11.5 Å². The van der Waals surface area contributed by atoms with Crippen molar-refractivity contribution in [2.45, 2.75) is 25.3 Å². The van der Waals surface area contributed by atoms with Gasteiger partial charge in [0.2, 0.25) is 0 Å². The first-order valence-electron chi connectivity index (χ1n) is 6.81. The van der Waals surface area contributed by atoms with Crippen LogP contribution in [0, 0.1) is 0 Å². The second-order valence-corrected chi connectivity index (χ2v) is 5.63. The lowest BCUT2D eigenvalue weighted by molar-refractivity contribution is -0.141. The molecule has 0 saturated heterocycles. The number of aliphatic carboxylic acids is 1. The highest BCUT2D eigenvalue weighted by atomic mass is 35.5. The van der Waals surface area contributed by atoms with Gasteiger partial charge in [-0.25, -0.2) is 4.79 Å². The summed E-state index contributed by atoms with van der Waals surface area (Å²) in [6.07, 6.45) is 1.15. The van der Waals surface area contributed by atoms with E-state index in [0.29, 0.717) is 23.6 Å². The topological polar surface area (TPSA) is 49.3 Å². The Morgan fingerprint density at radius 1 is 1.14 bits per heavy atom. The van der Waals surface area contributed by atoms with Gasteiger partial charge in [-0.3, -0.25) is 0 Å². The highest BCUT2D eigenvalue weighted by Gasteiger charge is 2.33. The number of aryl methyl sites for hydroxylation is 1. The van der Waals surface area contributed by atoms with Gasteiger partial charge in [-0.05, 0) is 37.5 Å². The largest absolute Gasteiger partial charge is 0.480 e. The normalized spacial score (nSPS) is 13.4. The maximum Gasteiger partial charge on any atom is 0.329 e. The van der Waals surface area contributed by atoms with E-state index in [1.807, 2.05) is 42.5 Å². The van der Waals surface area contributed by atoms with Crippen LogP contribution in [0.25, 0.3) is 0 Å². The van der Waals surface area contributed by atoms with Crippen molar-refractivity contribution in [2.75, 3.05) is 5.32 Å². The minimum atomic E-state index is -1.07. The van der Waals surface area contributed by atoms with Gasteiger partial charge < -0.3 is 10.4 Å². The van der Waals surface area contributed by atoms with Crippen LogP contribution in [0.15, 0.2) is 54.6 Å². The molecule has 2 aromatic carbocycles. The second kappa shape index (κ2) is 6.64. The van der Waals surface area contributed by atoms with Crippen molar-refractivity contribution in [1.82, 2.24) is 0 Å². The van der Waals surface area contributed by atoms with Gasteiger partial charge in [0.25, 0.3) is 0 Å². The van der Waals surface area contributed by atoms with Gasteiger partial charge in [0.15, 0.2) is 0 Å². The SMILES string of the molecule is CC(CCc1ccccc1)(Nc1ccccc1Cl)C(=O)O. The summed E-state index contributed by atoms with van der Waals surface area (Å²) in [6, 6.07) is 17.0. The standard InChI is InChI=1S/C17H18ClNO2/c1-17(16(20)21,12-11-13-7-3-2-4-8-13)19-15-10-6-5-9-14(15)18/h2-10,19H,11-12H2,1H3,(H,20,21). The quantitative estimate of drug-likeness (QED) is 0.839. The van der Waals surface area contributed by atoms with Crippen molar-refractivity contribution in [3.63, 3.8) is 0 Å². The lowest BCUT2D eigenvalue weighted by atomic mass is 9.93. The molecule has 110 valence electrons. The van der Waals surface area contributed by atoms with Crippen molar-refractivity contribution < 1.29 is 9.90 Å². The van der Waals surface area contributed by atoms with Crippen LogP contribution in [-0.2, 0) is 11.2 Å². The van der Waals surface area contributed by atoms with Crippen LogP contribution in [0.2, 0.25) is 5.02 Å². The number of benzene rings is 2. The molecule has 21 heavy (non-hydrogen) atoms. The maximum absolute atomic E-state index is 11.7. The first-order chi connectivity index (χ1) is 10.0. The molecular weight excluding hydrogens is 286 g/mol. The van der Waals surface area contributed by atoms with Crippen LogP contribution in [0.3, 0.4) is 0 Å². The summed E-state index contributed by atoms with van der Waals surface area (Å²) in [4.78, 5) is 11.7. The number of carbonyl (C=O) groups is 1. The molecule has 0 aliphatic rings. The second-order valence-electron chi connectivity index (χ2n) is 5.23.